The number of carboxylic acids is 4. The molecule has 6 amide bonds. The first-order valence-corrected chi connectivity index (χ1v) is 17.9. The Labute approximate surface area is 342 Å². The molecule has 0 aromatic heterocycles. The van der Waals surface area contributed by atoms with Crippen LogP contribution >= 0.6 is 0 Å². The molecule has 60 heavy (non-hydrogen) atoms. The van der Waals surface area contributed by atoms with Crippen molar-refractivity contribution in [1.29, 1.82) is 5.26 Å². The summed E-state index contributed by atoms with van der Waals surface area (Å²) in [5, 5.41) is 59.7. The minimum atomic E-state index is -1.51. The Kier molecular flexibility index (Phi) is 18.2. The fourth-order valence-electron chi connectivity index (χ4n) is 5.21. The third-order valence-electron chi connectivity index (χ3n) is 8.10. The molecular formula is C41H41N7O12. The SMILES string of the molecule is N#Cc1ccc(NC(=O)N[C@@H](CC(=O)O)C(=O)N[C@@H](Cc2ccccc2)C(=O)O)cc1.O=C(O)C[C@H](NC(=O)Nc1ccccc1)C(=O)N[C@@H](Cc1ccccc1)C(=O)O. The lowest BCUT2D eigenvalue weighted by Gasteiger charge is -2.20. The molecule has 4 rings (SSSR count). The third-order valence-corrected chi connectivity index (χ3v) is 8.10. The third kappa shape index (κ3) is 16.8. The van der Waals surface area contributed by atoms with Crippen molar-refractivity contribution in [3.05, 3.63) is 132 Å². The van der Waals surface area contributed by atoms with E-state index in [1.807, 2.05) is 6.07 Å². The van der Waals surface area contributed by atoms with Gasteiger partial charge >= 0.3 is 35.9 Å². The van der Waals surface area contributed by atoms with E-state index >= 15 is 0 Å². The molecule has 0 aliphatic heterocycles. The molecule has 4 atom stereocenters. The van der Waals surface area contributed by atoms with Crippen molar-refractivity contribution in [1.82, 2.24) is 21.3 Å². The van der Waals surface area contributed by atoms with Gasteiger partial charge in [-0.25, -0.2) is 19.2 Å². The zero-order chi connectivity index (χ0) is 44.0. The molecule has 0 heterocycles. The molecule has 0 saturated heterocycles. The van der Waals surface area contributed by atoms with Crippen LogP contribution in [0.5, 0.6) is 0 Å². The lowest BCUT2D eigenvalue weighted by Crippen LogP contribution is -2.53. The predicted molar refractivity (Wildman–Crippen MR) is 213 cm³/mol. The van der Waals surface area contributed by atoms with E-state index in [0.29, 0.717) is 28.1 Å². The molecule has 312 valence electrons. The van der Waals surface area contributed by atoms with Crippen molar-refractivity contribution in [2.45, 2.75) is 49.9 Å². The number of carbonyl (C=O) groups is 8. The highest BCUT2D eigenvalue weighted by molar-refractivity contribution is 5.97. The number of nitriles is 1. The molecule has 0 bridgehead atoms. The maximum atomic E-state index is 12.5. The number of hydrogen-bond acceptors (Lipinski definition) is 9. The van der Waals surface area contributed by atoms with E-state index in [-0.39, 0.29) is 12.8 Å². The maximum Gasteiger partial charge on any atom is 0.326 e. The molecule has 0 spiro atoms. The van der Waals surface area contributed by atoms with E-state index in [1.165, 1.54) is 24.3 Å². The van der Waals surface area contributed by atoms with Crippen LogP contribution in [0, 0.1) is 11.3 Å². The molecule has 10 N–H and O–H groups in total. The average molecular weight is 824 g/mol. The number of benzene rings is 4. The molecule has 0 aliphatic carbocycles. The van der Waals surface area contributed by atoms with Crippen LogP contribution in [0.25, 0.3) is 0 Å². The molecule has 0 saturated carbocycles. The van der Waals surface area contributed by atoms with Crippen molar-refractivity contribution in [3.8, 4) is 6.07 Å². The molecule has 0 aliphatic rings. The fraction of sp³-hybridized carbons (Fsp3) is 0.195. The summed E-state index contributed by atoms with van der Waals surface area (Å²) in [6.45, 7) is 0. The zero-order valence-corrected chi connectivity index (χ0v) is 31.6. The minimum Gasteiger partial charge on any atom is -0.481 e. The summed E-state index contributed by atoms with van der Waals surface area (Å²) in [5.41, 5.74) is 2.50. The van der Waals surface area contributed by atoms with Crippen LogP contribution in [0.2, 0.25) is 0 Å². The number of carbonyl (C=O) groups excluding carboxylic acids is 4. The molecule has 19 heteroatoms. The number of nitrogens with one attached hydrogen (secondary N) is 6. The van der Waals surface area contributed by atoms with Gasteiger partial charge in [-0.3, -0.25) is 19.2 Å². The van der Waals surface area contributed by atoms with Crippen LogP contribution < -0.4 is 31.9 Å². The van der Waals surface area contributed by atoms with Crippen LogP contribution in [0.3, 0.4) is 0 Å². The Morgan fingerprint density at radius 1 is 0.467 bits per heavy atom. The van der Waals surface area contributed by atoms with Crippen LogP contribution in [0.1, 0.15) is 29.5 Å². The Balaban J connectivity index is 0.000000321. The average Bonchev–Trinajstić information content (AvgIpc) is 3.21. The first-order chi connectivity index (χ1) is 28.6. The van der Waals surface area contributed by atoms with E-state index in [9.17, 15) is 48.6 Å². The predicted octanol–water partition coefficient (Wildman–Crippen LogP) is 2.80. The van der Waals surface area contributed by atoms with E-state index in [0.717, 1.165) is 0 Å². The topological polar surface area (TPSA) is 313 Å². The van der Waals surface area contributed by atoms with E-state index in [2.05, 4.69) is 31.9 Å². The number of aliphatic carboxylic acids is 4. The van der Waals surface area contributed by atoms with Gasteiger partial charge in [-0.05, 0) is 47.5 Å². The van der Waals surface area contributed by atoms with Gasteiger partial charge in [0.05, 0.1) is 24.5 Å². The number of rotatable bonds is 18. The Morgan fingerprint density at radius 3 is 1.15 bits per heavy atom. The lowest BCUT2D eigenvalue weighted by molar-refractivity contribution is -0.143. The summed E-state index contributed by atoms with van der Waals surface area (Å²) < 4.78 is 0. The summed E-state index contributed by atoms with van der Waals surface area (Å²) >= 11 is 0. The van der Waals surface area contributed by atoms with Gasteiger partial charge in [0.25, 0.3) is 0 Å². The highest BCUT2D eigenvalue weighted by atomic mass is 16.4. The molecule has 0 unspecified atom stereocenters. The second-order valence-electron chi connectivity index (χ2n) is 12.7. The normalized spacial score (nSPS) is 12.1. The quantitative estimate of drug-likeness (QED) is 0.0691. The van der Waals surface area contributed by atoms with Gasteiger partial charge < -0.3 is 52.3 Å². The number of para-hydroxylation sites is 1. The summed E-state index contributed by atoms with van der Waals surface area (Å²) in [7, 11) is 0. The molecule has 4 aromatic carbocycles. The van der Waals surface area contributed by atoms with Gasteiger partial charge in [0.1, 0.15) is 24.2 Å². The number of amides is 6. The number of hydrogen-bond donors (Lipinski definition) is 10. The van der Waals surface area contributed by atoms with Gasteiger partial charge in [0.15, 0.2) is 0 Å². The lowest BCUT2D eigenvalue weighted by atomic mass is 10.1. The van der Waals surface area contributed by atoms with Crippen molar-refractivity contribution in [2.75, 3.05) is 10.6 Å². The highest BCUT2D eigenvalue weighted by Crippen LogP contribution is 2.10. The van der Waals surface area contributed by atoms with Crippen LogP contribution in [0.4, 0.5) is 21.0 Å². The first-order valence-electron chi connectivity index (χ1n) is 17.9. The van der Waals surface area contributed by atoms with Gasteiger partial charge in [-0.2, -0.15) is 5.26 Å². The smallest absolute Gasteiger partial charge is 0.326 e. The molecule has 19 nitrogen and oxygen atoms in total. The van der Waals surface area contributed by atoms with Gasteiger partial charge in [-0.15, -0.1) is 0 Å². The second-order valence-corrected chi connectivity index (χ2v) is 12.7. The number of urea groups is 2. The van der Waals surface area contributed by atoms with Gasteiger partial charge in [0.2, 0.25) is 11.8 Å². The van der Waals surface area contributed by atoms with Crippen molar-refractivity contribution < 1.29 is 58.8 Å². The monoisotopic (exact) mass is 823 g/mol. The van der Waals surface area contributed by atoms with Crippen molar-refractivity contribution in [2.24, 2.45) is 0 Å². The summed E-state index contributed by atoms with van der Waals surface area (Å²) in [6.07, 6.45) is -1.45. The largest absolute Gasteiger partial charge is 0.481 e. The number of carboxylic acid groups (broad SMARTS) is 4. The van der Waals surface area contributed by atoms with Crippen LogP contribution in [-0.4, -0.2) is 92.3 Å². The summed E-state index contributed by atoms with van der Waals surface area (Å²) in [6, 6.07) is 26.2. The van der Waals surface area contributed by atoms with Crippen LogP contribution in [-0.2, 0) is 41.6 Å². The maximum absolute atomic E-state index is 12.5. The first kappa shape index (κ1) is 46.1. The van der Waals surface area contributed by atoms with E-state index in [1.54, 1.807) is 91.0 Å². The van der Waals surface area contributed by atoms with Gasteiger partial charge in [0, 0.05) is 24.2 Å². The number of anilines is 2. The Morgan fingerprint density at radius 2 is 0.817 bits per heavy atom. The van der Waals surface area contributed by atoms with E-state index < -0.39 is 84.8 Å². The Hall–Kier alpha value is -8.27. The molecule has 0 fully saturated rings. The standard InChI is InChI=1S/C21H20N4O6.C20H21N3O6/c22-12-14-6-8-15(9-7-14)23-21(31)25-16(11-18(26)27)19(28)24-17(20(29)30)10-13-4-2-1-3-5-13;24-17(25)12-15(23-20(29)21-14-9-5-2-6-10-14)18(26)22-16(19(27)28)11-13-7-3-1-4-8-13/h1-9,16-17H,10-11H2,(H,24,28)(H,26,27)(H,29,30)(H2,23,25,31);1-10,15-16H,11-12H2,(H,22,26)(H,24,25)(H,27,28)(H2,21,23,29)/t16-,17-;15-,16-/m00/s1. The van der Waals surface area contributed by atoms with Crippen LogP contribution in [0.15, 0.2) is 115 Å². The fourth-order valence-corrected chi connectivity index (χ4v) is 5.21. The summed E-state index contributed by atoms with van der Waals surface area (Å²) in [4.78, 5) is 94.6. The van der Waals surface area contributed by atoms with E-state index in [4.69, 9.17) is 15.5 Å². The number of nitrogens with zero attached hydrogens (tertiary/aromatic N) is 1. The molecule has 0 radical (unpaired) electrons. The van der Waals surface area contributed by atoms with Crippen molar-refractivity contribution in [3.63, 3.8) is 0 Å². The highest BCUT2D eigenvalue weighted by Gasteiger charge is 2.30. The Bertz CT molecular complexity index is 2150. The zero-order valence-electron chi connectivity index (χ0n) is 31.6. The minimum absolute atomic E-state index is 0.0118. The molecule has 4 aromatic rings. The second kappa shape index (κ2) is 23.7. The van der Waals surface area contributed by atoms with Crippen molar-refractivity contribution >= 4 is 59.1 Å². The van der Waals surface area contributed by atoms with Gasteiger partial charge in [-0.1, -0.05) is 78.9 Å². The molecular weight excluding hydrogens is 782 g/mol. The summed E-state index contributed by atoms with van der Waals surface area (Å²) in [5.74, 6) is -7.09.